The molecule has 3 rings (SSSR count). The number of piperazine rings is 1. The van der Waals surface area contributed by atoms with Gasteiger partial charge in [0.15, 0.2) is 0 Å². The summed E-state index contributed by atoms with van der Waals surface area (Å²) in [6, 6.07) is 14.1. The van der Waals surface area contributed by atoms with Crippen molar-refractivity contribution in [2.75, 3.05) is 32.8 Å². The molecule has 1 aliphatic heterocycles. The van der Waals surface area contributed by atoms with Crippen molar-refractivity contribution >= 4 is 15.9 Å². The molecule has 0 aliphatic carbocycles. The molecule has 1 saturated heterocycles. The smallest absolute Gasteiger partial charge is 0.243 e. The fourth-order valence-electron chi connectivity index (χ4n) is 3.02. The molecular formula is C20H23FN2O4S. The Labute approximate surface area is 164 Å². The van der Waals surface area contributed by atoms with Crippen LogP contribution in [0.3, 0.4) is 0 Å². The van der Waals surface area contributed by atoms with Crippen LogP contribution in [-0.2, 0) is 14.8 Å². The molecule has 0 N–H and O–H groups in total. The van der Waals surface area contributed by atoms with Crippen molar-refractivity contribution in [2.24, 2.45) is 0 Å². The van der Waals surface area contributed by atoms with Gasteiger partial charge in [-0.2, -0.15) is 4.31 Å². The molecule has 150 valence electrons. The first-order chi connectivity index (χ1) is 13.5. The predicted molar refractivity (Wildman–Crippen MR) is 103 cm³/mol. The van der Waals surface area contributed by atoms with Gasteiger partial charge >= 0.3 is 0 Å². The van der Waals surface area contributed by atoms with Crippen molar-refractivity contribution < 1.29 is 22.3 Å². The topological polar surface area (TPSA) is 66.9 Å². The Bertz CT molecular complexity index is 880. The molecule has 0 atom stereocenters. The maximum atomic E-state index is 12.8. The van der Waals surface area contributed by atoms with Crippen molar-refractivity contribution in [1.29, 1.82) is 0 Å². The highest BCUT2D eigenvalue weighted by Gasteiger charge is 2.29. The number of sulfonamides is 1. The molecule has 28 heavy (non-hydrogen) atoms. The molecule has 8 heteroatoms. The van der Waals surface area contributed by atoms with Crippen molar-refractivity contribution in [3.05, 3.63) is 60.4 Å². The number of ether oxygens (including phenoxy) is 1. The average molecular weight is 406 g/mol. The van der Waals surface area contributed by atoms with E-state index in [1.165, 1.54) is 16.4 Å². The summed E-state index contributed by atoms with van der Waals surface area (Å²) in [5.41, 5.74) is 0. The molecule has 0 aromatic heterocycles. The quantitative estimate of drug-likeness (QED) is 0.663. The van der Waals surface area contributed by atoms with Gasteiger partial charge in [0.2, 0.25) is 15.9 Å². The standard InChI is InChI=1S/C20H23FN2O4S/c21-17-8-10-18(11-9-17)27-16-4-7-20(24)22-12-14-23(15-13-22)28(25,26)19-5-2-1-3-6-19/h1-3,5-6,8-11H,4,7,12-16H2. The Morgan fingerprint density at radius 1 is 0.964 bits per heavy atom. The number of carbonyl (C=O) groups excluding carboxylic acids is 1. The van der Waals surface area contributed by atoms with Crippen LogP contribution in [0.15, 0.2) is 59.5 Å². The second kappa shape index (κ2) is 9.16. The van der Waals surface area contributed by atoms with E-state index in [1.807, 2.05) is 0 Å². The zero-order chi connectivity index (χ0) is 20.0. The minimum Gasteiger partial charge on any atom is -0.494 e. The third kappa shape index (κ3) is 5.08. The van der Waals surface area contributed by atoms with Gasteiger partial charge in [0.05, 0.1) is 11.5 Å². The molecule has 0 radical (unpaired) electrons. The number of hydrogen-bond donors (Lipinski definition) is 0. The maximum absolute atomic E-state index is 12.8. The first-order valence-electron chi connectivity index (χ1n) is 9.18. The normalized spacial score (nSPS) is 15.4. The lowest BCUT2D eigenvalue weighted by Crippen LogP contribution is -2.50. The predicted octanol–water partition coefficient (Wildman–Crippen LogP) is 2.52. The third-order valence-electron chi connectivity index (χ3n) is 4.59. The number of carbonyl (C=O) groups is 1. The van der Waals surface area contributed by atoms with E-state index in [-0.39, 0.29) is 29.7 Å². The van der Waals surface area contributed by atoms with Crippen LogP contribution in [0, 0.1) is 5.82 Å². The zero-order valence-electron chi connectivity index (χ0n) is 15.5. The third-order valence-corrected chi connectivity index (χ3v) is 6.50. The minimum absolute atomic E-state index is 0.0144. The molecular weight excluding hydrogens is 383 g/mol. The van der Waals surface area contributed by atoms with Gasteiger partial charge in [0, 0.05) is 32.6 Å². The monoisotopic (exact) mass is 406 g/mol. The van der Waals surface area contributed by atoms with Crippen LogP contribution >= 0.6 is 0 Å². The number of rotatable bonds is 7. The molecule has 1 heterocycles. The molecule has 0 unspecified atom stereocenters. The van der Waals surface area contributed by atoms with E-state index < -0.39 is 10.0 Å². The van der Waals surface area contributed by atoms with Gasteiger partial charge in [0.25, 0.3) is 0 Å². The van der Waals surface area contributed by atoms with Gasteiger partial charge in [-0.15, -0.1) is 0 Å². The van der Waals surface area contributed by atoms with Gasteiger partial charge in [-0.3, -0.25) is 4.79 Å². The van der Waals surface area contributed by atoms with E-state index in [4.69, 9.17) is 4.74 Å². The lowest BCUT2D eigenvalue weighted by Gasteiger charge is -2.34. The van der Waals surface area contributed by atoms with Gasteiger partial charge in [-0.05, 0) is 42.8 Å². The Morgan fingerprint density at radius 2 is 1.61 bits per heavy atom. The summed E-state index contributed by atoms with van der Waals surface area (Å²) in [6.45, 7) is 1.69. The first-order valence-corrected chi connectivity index (χ1v) is 10.6. The second-order valence-corrected chi connectivity index (χ2v) is 8.44. The largest absolute Gasteiger partial charge is 0.494 e. The van der Waals surface area contributed by atoms with E-state index in [1.54, 1.807) is 47.4 Å². The van der Waals surface area contributed by atoms with Crippen molar-refractivity contribution in [2.45, 2.75) is 17.7 Å². The molecule has 1 amide bonds. The summed E-state index contributed by atoms with van der Waals surface area (Å²) in [5, 5.41) is 0. The van der Waals surface area contributed by atoms with Crippen LogP contribution in [0.4, 0.5) is 4.39 Å². The highest BCUT2D eigenvalue weighted by Crippen LogP contribution is 2.18. The molecule has 6 nitrogen and oxygen atoms in total. The van der Waals surface area contributed by atoms with Crippen LogP contribution in [0.1, 0.15) is 12.8 Å². The number of amides is 1. The van der Waals surface area contributed by atoms with Gasteiger partial charge in [-0.25, -0.2) is 12.8 Å². The van der Waals surface area contributed by atoms with E-state index >= 15 is 0 Å². The fourth-order valence-corrected chi connectivity index (χ4v) is 4.46. The van der Waals surface area contributed by atoms with Crippen molar-refractivity contribution in [1.82, 2.24) is 9.21 Å². The molecule has 2 aromatic rings. The average Bonchev–Trinajstić information content (AvgIpc) is 2.73. The summed E-state index contributed by atoms with van der Waals surface area (Å²) in [4.78, 5) is 14.3. The molecule has 0 spiro atoms. The van der Waals surface area contributed by atoms with Crippen LogP contribution in [0.25, 0.3) is 0 Å². The van der Waals surface area contributed by atoms with Gasteiger partial charge in [-0.1, -0.05) is 18.2 Å². The molecule has 1 fully saturated rings. The zero-order valence-corrected chi connectivity index (χ0v) is 16.3. The van der Waals surface area contributed by atoms with Gasteiger partial charge < -0.3 is 9.64 Å². The van der Waals surface area contributed by atoms with E-state index in [2.05, 4.69) is 0 Å². The van der Waals surface area contributed by atoms with E-state index in [9.17, 15) is 17.6 Å². The Morgan fingerprint density at radius 3 is 2.25 bits per heavy atom. The van der Waals surface area contributed by atoms with Crippen molar-refractivity contribution in [3.8, 4) is 5.75 Å². The van der Waals surface area contributed by atoms with Crippen LogP contribution in [0.5, 0.6) is 5.75 Å². The summed E-state index contributed by atoms with van der Waals surface area (Å²) in [6.07, 6.45) is 0.866. The maximum Gasteiger partial charge on any atom is 0.243 e. The summed E-state index contributed by atoms with van der Waals surface area (Å²) in [5.74, 6) is 0.226. The van der Waals surface area contributed by atoms with E-state index in [0.717, 1.165) is 0 Å². The molecule has 0 saturated carbocycles. The summed E-state index contributed by atoms with van der Waals surface area (Å²) >= 11 is 0. The van der Waals surface area contributed by atoms with Gasteiger partial charge in [0.1, 0.15) is 11.6 Å². The highest BCUT2D eigenvalue weighted by atomic mass is 32.2. The van der Waals surface area contributed by atoms with Crippen molar-refractivity contribution in [3.63, 3.8) is 0 Å². The fraction of sp³-hybridized carbons (Fsp3) is 0.350. The van der Waals surface area contributed by atoms with E-state index in [0.29, 0.717) is 38.3 Å². The molecule has 2 aromatic carbocycles. The van der Waals surface area contributed by atoms with Crippen LogP contribution in [-0.4, -0.2) is 56.3 Å². The second-order valence-electron chi connectivity index (χ2n) is 6.50. The first kappa shape index (κ1) is 20.3. The summed E-state index contributed by atoms with van der Waals surface area (Å²) < 4.78 is 45.0. The Hall–Kier alpha value is -2.45. The number of hydrogen-bond acceptors (Lipinski definition) is 4. The lowest BCUT2D eigenvalue weighted by molar-refractivity contribution is -0.132. The lowest BCUT2D eigenvalue weighted by atomic mass is 10.2. The highest BCUT2D eigenvalue weighted by molar-refractivity contribution is 7.89. The number of benzene rings is 2. The summed E-state index contributed by atoms with van der Waals surface area (Å²) in [7, 11) is -3.52. The minimum atomic E-state index is -3.52. The van der Waals surface area contributed by atoms with Crippen LogP contribution in [0.2, 0.25) is 0 Å². The SMILES string of the molecule is O=C(CCCOc1ccc(F)cc1)N1CCN(S(=O)(=O)c2ccccc2)CC1. The Balaban J connectivity index is 1.42. The number of halogens is 1. The van der Waals surface area contributed by atoms with Crippen LogP contribution < -0.4 is 4.74 Å². The molecule has 0 bridgehead atoms. The number of nitrogens with zero attached hydrogens (tertiary/aromatic N) is 2. The Kier molecular flexibility index (Phi) is 6.64. The molecule has 1 aliphatic rings.